The summed E-state index contributed by atoms with van der Waals surface area (Å²) in [7, 11) is 1.89. The van der Waals surface area contributed by atoms with Crippen LogP contribution >= 0.6 is 11.6 Å². The van der Waals surface area contributed by atoms with E-state index in [0.29, 0.717) is 23.4 Å². The van der Waals surface area contributed by atoms with Gasteiger partial charge in [-0.25, -0.2) is 9.37 Å². The Hall–Kier alpha value is -2.75. The maximum Gasteiger partial charge on any atom is 0.229 e. The summed E-state index contributed by atoms with van der Waals surface area (Å²) < 4.78 is 21.7. The molecule has 38 heavy (non-hydrogen) atoms. The minimum Gasteiger partial charge on any atom is -0.376 e. The summed E-state index contributed by atoms with van der Waals surface area (Å²) in [5.41, 5.74) is 1.35. The number of aromatic nitrogens is 3. The van der Waals surface area contributed by atoms with Gasteiger partial charge in [0.15, 0.2) is 0 Å². The molecule has 2 aromatic heterocycles. The molecule has 8 nitrogen and oxygen atoms in total. The van der Waals surface area contributed by atoms with Crippen molar-refractivity contribution in [2.24, 2.45) is 18.9 Å². The predicted octanol–water partition coefficient (Wildman–Crippen LogP) is 4.25. The molecule has 1 aliphatic carbocycles. The van der Waals surface area contributed by atoms with Crippen LogP contribution in [0.1, 0.15) is 31.9 Å². The molecule has 5 atom stereocenters. The molecule has 6 rings (SSSR count). The van der Waals surface area contributed by atoms with Crippen LogP contribution in [0, 0.1) is 11.8 Å². The van der Waals surface area contributed by atoms with Crippen molar-refractivity contribution in [2.75, 3.05) is 49.6 Å². The Morgan fingerprint density at radius 1 is 1.24 bits per heavy atom. The first-order valence-electron chi connectivity index (χ1n) is 13.4. The number of nitrogens with one attached hydrogen (secondary N) is 1. The molecular formula is C28H34ClFN6O2. The Labute approximate surface area is 227 Å². The van der Waals surface area contributed by atoms with Gasteiger partial charge < -0.3 is 15.0 Å². The van der Waals surface area contributed by atoms with E-state index in [2.05, 4.69) is 38.2 Å². The van der Waals surface area contributed by atoms with Crippen LogP contribution < -0.4 is 10.2 Å². The highest BCUT2D eigenvalue weighted by Crippen LogP contribution is 2.55. The summed E-state index contributed by atoms with van der Waals surface area (Å²) >= 11 is 6.69. The van der Waals surface area contributed by atoms with Crippen LogP contribution in [-0.4, -0.2) is 76.7 Å². The number of carbonyl (C=O) groups is 1. The Bertz CT molecular complexity index is 1360. The number of piperazine rings is 1. The van der Waals surface area contributed by atoms with Crippen molar-refractivity contribution in [1.29, 1.82) is 0 Å². The fourth-order valence-electron chi connectivity index (χ4n) is 6.31. The summed E-state index contributed by atoms with van der Waals surface area (Å²) in [6.07, 6.45) is 3.63. The molecule has 4 heterocycles. The van der Waals surface area contributed by atoms with Crippen molar-refractivity contribution < 1.29 is 13.9 Å². The largest absolute Gasteiger partial charge is 0.376 e. The molecular weight excluding hydrogens is 507 g/mol. The molecule has 0 spiro atoms. The molecule has 1 saturated carbocycles. The smallest absolute Gasteiger partial charge is 0.229 e. The number of carbonyl (C=O) groups excluding carboxylic acids is 1. The quantitative estimate of drug-likeness (QED) is 0.504. The highest BCUT2D eigenvalue weighted by molar-refractivity contribution is 6.34. The molecule has 202 valence electrons. The standard InChI is InChI=1S/C28H34ClFN6O2/c1-4-19-25(21-5-6-34(3)33-21)26(19)27(37)32-24-13-17-12-22(20(29)11-18(17)14-31-24)35-7-9-36(10-8-35)28(2)16-38-15-23(28)30/h5-6,11-14,19,23,25-26H,4,7-10,15-16H2,1-3H3,(H,31,32,37)/t19?,23-,25?,26?,28+/m1/s1. The molecule has 2 saturated heterocycles. The van der Waals surface area contributed by atoms with Gasteiger partial charge in [-0.05, 0) is 42.5 Å². The second-order valence-electron chi connectivity index (χ2n) is 11.1. The Morgan fingerprint density at radius 3 is 2.68 bits per heavy atom. The third-order valence-electron chi connectivity index (χ3n) is 8.73. The molecule has 3 unspecified atom stereocenters. The number of hydrogen-bond acceptors (Lipinski definition) is 6. The molecule has 0 radical (unpaired) electrons. The third kappa shape index (κ3) is 4.44. The number of amides is 1. The molecule has 0 bridgehead atoms. The van der Waals surface area contributed by atoms with E-state index in [0.717, 1.165) is 54.8 Å². The van der Waals surface area contributed by atoms with Gasteiger partial charge in [0.1, 0.15) is 12.0 Å². The zero-order valence-corrected chi connectivity index (χ0v) is 22.8. The number of ether oxygens (including phenoxy) is 1. The number of pyridine rings is 1. The second-order valence-corrected chi connectivity index (χ2v) is 11.5. The zero-order valence-electron chi connectivity index (χ0n) is 22.0. The van der Waals surface area contributed by atoms with Crippen molar-refractivity contribution in [1.82, 2.24) is 19.7 Å². The van der Waals surface area contributed by atoms with E-state index in [1.54, 1.807) is 10.9 Å². The van der Waals surface area contributed by atoms with Gasteiger partial charge in [-0.15, -0.1) is 0 Å². The topological polar surface area (TPSA) is 75.5 Å². The minimum absolute atomic E-state index is 0.0137. The van der Waals surface area contributed by atoms with Crippen LogP contribution in [0.5, 0.6) is 0 Å². The Morgan fingerprint density at radius 2 is 2.03 bits per heavy atom. The highest BCUT2D eigenvalue weighted by atomic mass is 35.5. The lowest BCUT2D eigenvalue weighted by atomic mass is 9.96. The number of alkyl halides is 1. The lowest BCUT2D eigenvalue weighted by molar-refractivity contribution is -0.117. The monoisotopic (exact) mass is 540 g/mol. The van der Waals surface area contributed by atoms with E-state index in [9.17, 15) is 9.18 Å². The van der Waals surface area contributed by atoms with Crippen molar-refractivity contribution in [2.45, 2.75) is 37.9 Å². The van der Waals surface area contributed by atoms with E-state index in [1.807, 2.05) is 38.4 Å². The van der Waals surface area contributed by atoms with Gasteiger partial charge in [0.2, 0.25) is 5.91 Å². The van der Waals surface area contributed by atoms with Crippen molar-refractivity contribution in [3.63, 3.8) is 0 Å². The van der Waals surface area contributed by atoms with Crippen LogP contribution in [0.3, 0.4) is 0 Å². The molecule has 1 N–H and O–H groups in total. The summed E-state index contributed by atoms with van der Waals surface area (Å²) in [6, 6.07) is 7.89. The molecule has 2 aliphatic heterocycles. The Balaban J connectivity index is 1.16. The van der Waals surface area contributed by atoms with Gasteiger partial charge in [-0.1, -0.05) is 24.9 Å². The van der Waals surface area contributed by atoms with Gasteiger partial charge in [0.25, 0.3) is 0 Å². The van der Waals surface area contributed by atoms with Crippen LogP contribution in [0.2, 0.25) is 5.02 Å². The Kier molecular flexibility index (Phi) is 6.56. The van der Waals surface area contributed by atoms with Gasteiger partial charge in [-0.2, -0.15) is 5.10 Å². The van der Waals surface area contributed by atoms with Gasteiger partial charge in [-0.3, -0.25) is 14.4 Å². The molecule has 3 aromatic rings. The highest BCUT2D eigenvalue weighted by Gasteiger charge is 2.55. The first-order chi connectivity index (χ1) is 18.3. The number of benzene rings is 1. The zero-order chi connectivity index (χ0) is 26.6. The fourth-order valence-corrected chi connectivity index (χ4v) is 6.61. The van der Waals surface area contributed by atoms with Crippen LogP contribution in [-0.2, 0) is 16.6 Å². The van der Waals surface area contributed by atoms with Gasteiger partial charge in [0.05, 0.1) is 41.1 Å². The SMILES string of the molecule is CCC1C(C(=O)Nc2cc3cc(N4CCN([C@@]5(C)COC[C@H]5F)CC4)c(Cl)cc3cn2)C1c1ccn(C)n1. The number of anilines is 2. The fraction of sp³-hybridized carbons (Fsp3) is 0.536. The average molecular weight is 541 g/mol. The van der Waals surface area contributed by atoms with E-state index < -0.39 is 11.7 Å². The number of aryl methyl sites for hydroxylation is 1. The average Bonchev–Trinajstić information content (AvgIpc) is 3.33. The normalized spacial score (nSPS) is 29.7. The van der Waals surface area contributed by atoms with E-state index in [1.165, 1.54) is 0 Å². The number of hydrogen-bond donors (Lipinski definition) is 1. The lowest BCUT2D eigenvalue weighted by Crippen LogP contribution is -2.59. The maximum absolute atomic E-state index is 14.5. The second kappa shape index (κ2) is 9.77. The predicted molar refractivity (Wildman–Crippen MR) is 147 cm³/mol. The molecule has 10 heteroatoms. The summed E-state index contributed by atoms with van der Waals surface area (Å²) in [4.78, 5) is 22.1. The third-order valence-corrected chi connectivity index (χ3v) is 9.04. The number of rotatable bonds is 6. The van der Waals surface area contributed by atoms with Gasteiger partial charge >= 0.3 is 0 Å². The molecule has 3 fully saturated rings. The first-order valence-corrected chi connectivity index (χ1v) is 13.8. The van der Waals surface area contributed by atoms with Crippen molar-refractivity contribution in [3.05, 3.63) is 47.4 Å². The molecule has 1 aromatic carbocycles. The van der Waals surface area contributed by atoms with E-state index >= 15 is 0 Å². The summed E-state index contributed by atoms with van der Waals surface area (Å²) in [5.74, 6) is 0.864. The maximum atomic E-state index is 14.5. The summed E-state index contributed by atoms with van der Waals surface area (Å²) in [6.45, 7) is 7.64. The lowest BCUT2D eigenvalue weighted by Gasteiger charge is -2.44. The minimum atomic E-state index is -0.970. The van der Waals surface area contributed by atoms with E-state index in [4.69, 9.17) is 16.3 Å². The van der Waals surface area contributed by atoms with Crippen molar-refractivity contribution in [3.8, 4) is 0 Å². The first kappa shape index (κ1) is 25.5. The van der Waals surface area contributed by atoms with Crippen LogP contribution in [0.25, 0.3) is 10.8 Å². The van der Waals surface area contributed by atoms with Crippen LogP contribution in [0.4, 0.5) is 15.9 Å². The van der Waals surface area contributed by atoms with Crippen molar-refractivity contribution >= 4 is 39.8 Å². The summed E-state index contributed by atoms with van der Waals surface area (Å²) in [5, 5.41) is 10.1. The molecule has 1 amide bonds. The van der Waals surface area contributed by atoms with E-state index in [-0.39, 0.29) is 24.3 Å². The number of nitrogens with zero attached hydrogens (tertiary/aromatic N) is 5. The molecule has 3 aliphatic rings. The van der Waals surface area contributed by atoms with Gasteiger partial charge in [0, 0.05) is 56.9 Å². The number of fused-ring (bicyclic) bond motifs is 1. The van der Waals surface area contributed by atoms with Crippen LogP contribution in [0.15, 0.2) is 36.7 Å². The number of halogens is 2.